The molecular weight excluding hydrogens is 183 g/mol. The van der Waals surface area contributed by atoms with E-state index in [0.717, 1.165) is 45.3 Å². The lowest BCUT2D eigenvalue weighted by atomic mass is 10.0. The van der Waals surface area contributed by atoms with Gasteiger partial charge in [-0.15, -0.1) is 0 Å². The highest BCUT2D eigenvalue weighted by atomic mass is 15.2. The minimum atomic E-state index is 0.769. The molecule has 2 unspecified atom stereocenters. The third kappa shape index (κ3) is 2.22. The van der Waals surface area contributed by atoms with Crippen molar-refractivity contribution in [1.82, 2.24) is 9.62 Å². The maximum absolute atomic E-state index is 4.14. The van der Waals surface area contributed by atoms with Gasteiger partial charge in [0.1, 0.15) is 0 Å². The Kier molecular flexibility index (Phi) is 2.81. The van der Waals surface area contributed by atoms with Crippen LogP contribution in [0.15, 0.2) is 24.6 Å². The van der Waals surface area contributed by atoms with Gasteiger partial charge in [-0.2, -0.15) is 0 Å². The summed E-state index contributed by atoms with van der Waals surface area (Å²) >= 11 is 0. The summed E-state index contributed by atoms with van der Waals surface area (Å²) in [7, 11) is 1.01. The fourth-order valence-electron chi connectivity index (χ4n) is 2.72. The molecular formula is C12H21BN2. The summed E-state index contributed by atoms with van der Waals surface area (Å²) in [6.07, 6.45) is 2.33. The predicted molar refractivity (Wildman–Crippen MR) is 66.4 cm³/mol. The average molecular weight is 204 g/mol. The number of hydrogen-bond acceptors (Lipinski definition) is 2. The van der Waals surface area contributed by atoms with Crippen molar-refractivity contribution < 1.29 is 0 Å². The molecule has 2 atom stereocenters. The molecule has 2 heterocycles. The van der Waals surface area contributed by atoms with E-state index in [2.05, 4.69) is 36.6 Å². The Morgan fingerprint density at radius 2 is 1.40 bits per heavy atom. The van der Waals surface area contributed by atoms with E-state index >= 15 is 0 Å². The minimum Gasteiger partial charge on any atom is -0.403 e. The molecule has 0 spiro atoms. The van der Waals surface area contributed by atoms with Crippen LogP contribution >= 0.6 is 0 Å². The van der Waals surface area contributed by atoms with Gasteiger partial charge in [-0.25, -0.2) is 0 Å². The highest BCUT2D eigenvalue weighted by Gasteiger charge is 2.28. The van der Waals surface area contributed by atoms with Gasteiger partial charge in [-0.05, 0) is 36.1 Å². The first kappa shape index (κ1) is 10.7. The van der Waals surface area contributed by atoms with Gasteiger partial charge in [-0.3, -0.25) is 0 Å². The summed E-state index contributed by atoms with van der Waals surface area (Å²) in [5.74, 6) is 1.54. The number of nitrogens with zero attached hydrogens (tertiary/aromatic N) is 2. The third-order valence-corrected chi connectivity index (χ3v) is 3.47. The summed E-state index contributed by atoms with van der Waals surface area (Å²) in [5, 5.41) is 0. The number of rotatable bonds is 2. The molecule has 0 radical (unpaired) electrons. The van der Waals surface area contributed by atoms with Crippen LogP contribution in [0.5, 0.6) is 0 Å². The van der Waals surface area contributed by atoms with Crippen LogP contribution in [-0.4, -0.2) is 30.3 Å². The molecule has 2 rings (SSSR count). The lowest BCUT2D eigenvalue weighted by molar-refractivity contribution is 0.477. The molecule has 3 heteroatoms. The van der Waals surface area contributed by atoms with Crippen LogP contribution in [0.4, 0.5) is 0 Å². The van der Waals surface area contributed by atoms with Crippen molar-refractivity contribution in [1.29, 1.82) is 0 Å². The molecule has 0 N–H and O–H groups in total. The molecule has 0 aromatic carbocycles. The molecule has 0 bridgehead atoms. The largest absolute Gasteiger partial charge is 0.403 e. The van der Waals surface area contributed by atoms with Crippen molar-refractivity contribution in [3.8, 4) is 0 Å². The molecule has 0 aromatic rings. The lowest BCUT2D eigenvalue weighted by Crippen LogP contribution is -2.37. The smallest absolute Gasteiger partial charge is 0.356 e. The topological polar surface area (TPSA) is 6.48 Å². The van der Waals surface area contributed by atoms with E-state index in [4.69, 9.17) is 0 Å². The Morgan fingerprint density at radius 1 is 1.00 bits per heavy atom. The van der Waals surface area contributed by atoms with Crippen LogP contribution in [-0.2, 0) is 0 Å². The van der Waals surface area contributed by atoms with Crippen molar-refractivity contribution in [3.63, 3.8) is 0 Å². The molecule has 0 aromatic heterocycles. The van der Waals surface area contributed by atoms with E-state index in [-0.39, 0.29) is 0 Å². The fraction of sp³-hybridized carbons (Fsp3) is 0.667. The Morgan fingerprint density at radius 3 is 1.67 bits per heavy atom. The van der Waals surface area contributed by atoms with Gasteiger partial charge < -0.3 is 9.62 Å². The third-order valence-electron chi connectivity index (χ3n) is 3.47. The molecule has 2 saturated heterocycles. The van der Waals surface area contributed by atoms with Gasteiger partial charge in [-0.1, -0.05) is 27.0 Å². The average Bonchev–Trinajstić information content (AvgIpc) is 2.58. The Hall–Kier alpha value is -0.855. The second-order valence-corrected chi connectivity index (χ2v) is 5.34. The quantitative estimate of drug-likeness (QED) is 0.634. The number of allylic oxidation sites excluding steroid dienone is 2. The zero-order valence-corrected chi connectivity index (χ0v) is 10.00. The second kappa shape index (κ2) is 3.95. The van der Waals surface area contributed by atoms with E-state index in [9.17, 15) is 0 Å². The maximum Gasteiger partial charge on any atom is 0.356 e. The zero-order chi connectivity index (χ0) is 11.0. The molecule has 15 heavy (non-hydrogen) atoms. The van der Waals surface area contributed by atoms with E-state index in [1.165, 1.54) is 11.4 Å². The maximum atomic E-state index is 4.14. The Balaban J connectivity index is 1.92. The molecule has 2 aliphatic rings. The highest BCUT2D eigenvalue weighted by molar-refractivity contribution is 6.30. The predicted octanol–water partition coefficient (Wildman–Crippen LogP) is 1.96. The minimum absolute atomic E-state index is 0.769. The first-order valence-electron chi connectivity index (χ1n) is 5.91. The Labute approximate surface area is 93.9 Å². The van der Waals surface area contributed by atoms with E-state index in [0.29, 0.717) is 0 Å². The van der Waals surface area contributed by atoms with Crippen LogP contribution in [0.25, 0.3) is 0 Å². The second-order valence-electron chi connectivity index (χ2n) is 5.34. The van der Waals surface area contributed by atoms with Gasteiger partial charge in [0.05, 0.1) is 0 Å². The monoisotopic (exact) mass is 204 g/mol. The highest BCUT2D eigenvalue weighted by Crippen LogP contribution is 2.28. The summed E-state index contributed by atoms with van der Waals surface area (Å²) in [4.78, 5) is 4.82. The van der Waals surface area contributed by atoms with Gasteiger partial charge in [0.2, 0.25) is 0 Å². The van der Waals surface area contributed by atoms with E-state index < -0.39 is 0 Å². The molecule has 0 saturated carbocycles. The summed E-state index contributed by atoms with van der Waals surface area (Å²) in [6.45, 7) is 15.2. The molecule has 0 amide bonds. The van der Waals surface area contributed by atoms with Crippen molar-refractivity contribution in [2.75, 3.05) is 13.1 Å². The normalized spacial score (nSPS) is 31.6. The number of hydrogen-bond donors (Lipinski definition) is 0. The van der Waals surface area contributed by atoms with Crippen LogP contribution in [0, 0.1) is 11.8 Å². The van der Waals surface area contributed by atoms with Crippen LogP contribution in [0.2, 0.25) is 0 Å². The van der Waals surface area contributed by atoms with Crippen molar-refractivity contribution in [2.45, 2.75) is 26.7 Å². The van der Waals surface area contributed by atoms with Gasteiger partial charge >= 0.3 is 7.55 Å². The van der Waals surface area contributed by atoms with Crippen LogP contribution in [0.3, 0.4) is 0 Å². The molecule has 2 aliphatic heterocycles. The van der Waals surface area contributed by atoms with Crippen molar-refractivity contribution >= 4 is 7.55 Å². The summed E-state index contributed by atoms with van der Waals surface area (Å²) in [5.41, 5.74) is 2.60. The molecule has 82 valence electrons. The Bertz CT molecular complexity index is 259. The summed E-state index contributed by atoms with van der Waals surface area (Å²) in [6, 6.07) is 0. The molecule has 2 fully saturated rings. The fourth-order valence-corrected chi connectivity index (χ4v) is 2.72. The van der Waals surface area contributed by atoms with Crippen molar-refractivity contribution in [2.24, 2.45) is 11.8 Å². The first-order valence-corrected chi connectivity index (χ1v) is 5.91. The van der Waals surface area contributed by atoms with Crippen LogP contribution < -0.4 is 0 Å². The van der Waals surface area contributed by atoms with E-state index in [1.807, 2.05) is 0 Å². The molecule has 2 nitrogen and oxygen atoms in total. The SMILES string of the molecule is C=C1CC(C)CN1BN1CC(C)CC1=C. The van der Waals surface area contributed by atoms with Gasteiger partial charge in [0.15, 0.2) is 0 Å². The standard InChI is InChI=1S/C12H21BN2/c1-9-5-11(3)14(7-9)13-15-8-10(2)6-12(15)4/h9-10,13H,3-8H2,1-2H3. The lowest BCUT2D eigenvalue weighted by Gasteiger charge is -2.27. The summed E-state index contributed by atoms with van der Waals surface area (Å²) < 4.78 is 0. The van der Waals surface area contributed by atoms with Crippen molar-refractivity contribution in [3.05, 3.63) is 24.6 Å². The van der Waals surface area contributed by atoms with Gasteiger partial charge in [0.25, 0.3) is 0 Å². The first-order chi connectivity index (χ1) is 7.06. The van der Waals surface area contributed by atoms with Crippen LogP contribution in [0.1, 0.15) is 26.7 Å². The van der Waals surface area contributed by atoms with Gasteiger partial charge in [0, 0.05) is 13.1 Å². The molecule has 0 aliphatic carbocycles. The van der Waals surface area contributed by atoms with E-state index in [1.54, 1.807) is 0 Å². The zero-order valence-electron chi connectivity index (χ0n) is 10.00.